The number of furan rings is 1. The van der Waals surface area contributed by atoms with Gasteiger partial charge < -0.3 is 9.32 Å². The first kappa shape index (κ1) is 21.4. The van der Waals surface area contributed by atoms with Crippen LogP contribution >= 0.6 is 0 Å². The van der Waals surface area contributed by atoms with Crippen LogP contribution in [0.4, 0.5) is 0 Å². The van der Waals surface area contributed by atoms with Crippen molar-refractivity contribution in [2.24, 2.45) is 0 Å². The zero-order chi connectivity index (χ0) is 23.0. The lowest BCUT2D eigenvalue weighted by Crippen LogP contribution is -2.50. The predicted octanol–water partition coefficient (Wildman–Crippen LogP) is 3.95. The van der Waals surface area contributed by atoms with Crippen LogP contribution in [0.5, 0.6) is 0 Å². The summed E-state index contributed by atoms with van der Waals surface area (Å²) in [5, 5.41) is 0.758. The molecular weight excluding hydrogens is 438 g/mol. The number of nitrogens with zero attached hydrogens (tertiary/aromatic N) is 3. The third-order valence-corrected chi connectivity index (χ3v) is 7.76. The number of carbonyl (C=O) groups excluding carboxylic acids is 1. The summed E-state index contributed by atoms with van der Waals surface area (Å²) < 4.78 is 33.0. The molecule has 4 aromatic rings. The minimum Gasteiger partial charge on any atom is -0.460 e. The van der Waals surface area contributed by atoms with Crippen molar-refractivity contribution in [1.29, 1.82) is 0 Å². The van der Waals surface area contributed by atoms with Gasteiger partial charge in [-0.05, 0) is 43.3 Å². The molecule has 168 valence electrons. The maximum Gasteiger partial charge on any atom is 0.254 e. The first-order valence-electron chi connectivity index (χ1n) is 10.7. The number of pyridine rings is 1. The Morgan fingerprint density at radius 2 is 1.61 bits per heavy atom. The van der Waals surface area contributed by atoms with Crippen molar-refractivity contribution in [2.45, 2.75) is 11.8 Å². The molecule has 1 aliphatic rings. The Kier molecular flexibility index (Phi) is 5.47. The summed E-state index contributed by atoms with van der Waals surface area (Å²) in [4.78, 5) is 20.2. The fourth-order valence-corrected chi connectivity index (χ4v) is 5.54. The van der Waals surface area contributed by atoms with E-state index in [-0.39, 0.29) is 23.9 Å². The number of sulfonamides is 1. The molecule has 0 spiro atoms. The molecule has 0 radical (unpaired) electrons. The maximum absolute atomic E-state index is 13.5. The molecule has 2 aromatic heterocycles. The molecule has 1 saturated heterocycles. The van der Waals surface area contributed by atoms with E-state index in [0.29, 0.717) is 35.6 Å². The number of benzene rings is 2. The number of hydrogen-bond donors (Lipinski definition) is 0. The van der Waals surface area contributed by atoms with Crippen LogP contribution in [0.1, 0.15) is 16.1 Å². The fourth-order valence-electron chi connectivity index (χ4n) is 4.09. The Hall–Kier alpha value is -3.49. The van der Waals surface area contributed by atoms with Crippen LogP contribution in [0.15, 0.2) is 82.1 Å². The minimum atomic E-state index is -3.58. The summed E-state index contributed by atoms with van der Waals surface area (Å²) in [6.45, 7) is 2.99. The van der Waals surface area contributed by atoms with Crippen LogP contribution in [-0.4, -0.2) is 54.7 Å². The summed E-state index contributed by atoms with van der Waals surface area (Å²) in [7, 11) is -3.58. The third-order valence-electron chi connectivity index (χ3n) is 5.85. The second kappa shape index (κ2) is 8.46. The number of fused-ring (bicyclic) bond motifs is 1. The molecule has 3 heterocycles. The van der Waals surface area contributed by atoms with E-state index in [1.165, 1.54) is 4.31 Å². The quantitative estimate of drug-likeness (QED) is 0.460. The van der Waals surface area contributed by atoms with Gasteiger partial charge in [0.25, 0.3) is 5.91 Å². The van der Waals surface area contributed by atoms with Gasteiger partial charge in [0.1, 0.15) is 11.5 Å². The summed E-state index contributed by atoms with van der Waals surface area (Å²) in [6, 6.07) is 21.4. The Morgan fingerprint density at radius 1 is 0.909 bits per heavy atom. The smallest absolute Gasteiger partial charge is 0.254 e. The zero-order valence-electron chi connectivity index (χ0n) is 18.1. The van der Waals surface area contributed by atoms with Crippen LogP contribution in [0.2, 0.25) is 0 Å². The van der Waals surface area contributed by atoms with E-state index in [9.17, 15) is 13.2 Å². The number of hydrogen-bond acceptors (Lipinski definition) is 5. The van der Waals surface area contributed by atoms with Crippen molar-refractivity contribution in [1.82, 2.24) is 14.2 Å². The Morgan fingerprint density at radius 3 is 2.30 bits per heavy atom. The topological polar surface area (TPSA) is 83.7 Å². The molecule has 0 saturated carbocycles. The summed E-state index contributed by atoms with van der Waals surface area (Å²) in [5.41, 5.74) is 1.83. The van der Waals surface area contributed by atoms with Gasteiger partial charge in [-0.2, -0.15) is 4.31 Å². The van der Waals surface area contributed by atoms with Crippen molar-refractivity contribution in [3.63, 3.8) is 0 Å². The van der Waals surface area contributed by atoms with Crippen molar-refractivity contribution < 1.29 is 17.6 Å². The van der Waals surface area contributed by atoms with Gasteiger partial charge >= 0.3 is 0 Å². The Balaban J connectivity index is 1.42. The molecule has 5 rings (SSSR count). The van der Waals surface area contributed by atoms with E-state index < -0.39 is 10.0 Å². The fraction of sp³-hybridized carbons (Fsp3) is 0.200. The Labute approximate surface area is 192 Å². The number of para-hydroxylation sites is 1. The number of amides is 1. The van der Waals surface area contributed by atoms with E-state index in [2.05, 4.69) is 4.98 Å². The molecule has 33 heavy (non-hydrogen) atoms. The molecule has 0 aliphatic carbocycles. The highest BCUT2D eigenvalue weighted by atomic mass is 32.2. The molecule has 0 unspecified atom stereocenters. The van der Waals surface area contributed by atoms with Gasteiger partial charge in [0.15, 0.2) is 5.76 Å². The zero-order valence-corrected chi connectivity index (χ0v) is 19.0. The van der Waals surface area contributed by atoms with E-state index in [1.54, 1.807) is 41.3 Å². The summed E-state index contributed by atoms with van der Waals surface area (Å²) in [5.74, 6) is 1.23. The van der Waals surface area contributed by atoms with Gasteiger partial charge in [-0.3, -0.25) is 4.79 Å². The van der Waals surface area contributed by atoms with Crippen molar-refractivity contribution >= 4 is 26.8 Å². The van der Waals surface area contributed by atoms with Crippen LogP contribution in [0.25, 0.3) is 22.4 Å². The molecule has 0 N–H and O–H groups in total. The molecule has 2 aromatic carbocycles. The van der Waals surface area contributed by atoms with E-state index in [4.69, 9.17) is 4.42 Å². The highest BCUT2D eigenvalue weighted by molar-refractivity contribution is 7.89. The van der Waals surface area contributed by atoms with Crippen LogP contribution in [0, 0.1) is 6.92 Å². The first-order chi connectivity index (χ1) is 15.9. The molecule has 8 heteroatoms. The largest absolute Gasteiger partial charge is 0.460 e. The molecule has 0 bridgehead atoms. The van der Waals surface area contributed by atoms with Crippen molar-refractivity contribution in [3.8, 4) is 11.5 Å². The minimum absolute atomic E-state index is 0.144. The van der Waals surface area contributed by atoms with E-state index in [1.807, 2.05) is 43.3 Å². The number of piperazine rings is 1. The lowest BCUT2D eigenvalue weighted by molar-refractivity contribution is 0.0700. The van der Waals surface area contributed by atoms with Crippen LogP contribution < -0.4 is 0 Å². The van der Waals surface area contributed by atoms with Crippen LogP contribution in [-0.2, 0) is 10.0 Å². The standard InChI is InChI=1S/C25H23N3O4S/c1-18-11-12-24(32-18)23-17-21(20-9-5-6-10-22(20)26-23)25(29)27-13-15-28(16-14-27)33(30,31)19-7-3-2-4-8-19/h2-12,17H,13-16H2,1H3. The van der Waals surface area contributed by atoms with E-state index in [0.717, 1.165) is 11.1 Å². The van der Waals surface area contributed by atoms with Crippen LogP contribution in [0.3, 0.4) is 0 Å². The number of carbonyl (C=O) groups is 1. The van der Waals surface area contributed by atoms with Gasteiger partial charge in [0.2, 0.25) is 10.0 Å². The van der Waals surface area contributed by atoms with Gasteiger partial charge in [-0.25, -0.2) is 13.4 Å². The number of aromatic nitrogens is 1. The SMILES string of the molecule is Cc1ccc(-c2cc(C(=O)N3CCN(S(=O)(=O)c4ccccc4)CC3)c3ccccc3n2)o1. The van der Waals surface area contributed by atoms with Gasteiger partial charge in [-0.1, -0.05) is 36.4 Å². The normalized spacial score (nSPS) is 15.1. The lowest BCUT2D eigenvalue weighted by Gasteiger charge is -2.34. The highest BCUT2D eigenvalue weighted by Crippen LogP contribution is 2.28. The summed E-state index contributed by atoms with van der Waals surface area (Å²) in [6.07, 6.45) is 0. The highest BCUT2D eigenvalue weighted by Gasteiger charge is 2.31. The Bertz CT molecular complexity index is 1420. The first-order valence-corrected chi connectivity index (χ1v) is 12.2. The number of aryl methyl sites for hydroxylation is 1. The summed E-state index contributed by atoms with van der Waals surface area (Å²) >= 11 is 0. The van der Waals surface area contributed by atoms with Crippen molar-refractivity contribution in [2.75, 3.05) is 26.2 Å². The van der Waals surface area contributed by atoms with E-state index >= 15 is 0 Å². The lowest BCUT2D eigenvalue weighted by atomic mass is 10.1. The average molecular weight is 462 g/mol. The molecule has 1 fully saturated rings. The van der Waals surface area contributed by atoms with Gasteiger partial charge in [-0.15, -0.1) is 0 Å². The molecule has 1 amide bonds. The third kappa shape index (κ3) is 4.03. The molecular formula is C25H23N3O4S. The molecule has 0 atom stereocenters. The van der Waals surface area contributed by atoms with Gasteiger partial charge in [0, 0.05) is 31.6 Å². The van der Waals surface area contributed by atoms with Crippen molar-refractivity contribution in [3.05, 3.63) is 84.1 Å². The average Bonchev–Trinajstić information content (AvgIpc) is 3.30. The monoisotopic (exact) mass is 461 g/mol. The second-order valence-corrected chi connectivity index (χ2v) is 9.93. The van der Waals surface area contributed by atoms with Gasteiger partial charge in [0.05, 0.1) is 16.0 Å². The molecule has 1 aliphatic heterocycles. The second-order valence-electron chi connectivity index (χ2n) is 7.99. The molecule has 7 nitrogen and oxygen atoms in total. The predicted molar refractivity (Wildman–Crippen MR) is 125 cm³/mol. The number of rotatable bonds is 4. The maximum atomic E-state index is 13.5.